The van der Waals surface area contributed by atoms with E-state index >= 15 is 0 Å². The number of ether oxygens (including phenoxy) is 1. The number of nitrogens with one attached hydrogen (secondary N) is 1. The van der Waals surface area contributed by atoms with E-state index in [-0.39, 0.29) is 0 Å². The van der Waals surface area contributed by atoms with Gasteiger partial charge in [-0.15, -0.1) is 11.3 Å². The number of piperidine rings is 1. The molecule has 0 unspecified atom stereocenters. The summed E-state index contributed by atoms with van der Waals surface area (Å²) in [5, 5.41) is 45.2. The standard InChI is InChI=1S/C24H27N5O2S.2C2H2O4/c1-31-18-2-3-21-20(11-18)19(4-7-25-21)23(30)14-29-8-5-17(6-9-29)26-12-16-10-22-24(27-13-16)32-15-28-22;2*3-1(4)2(5)6/h2-4,7,10-11,13,15,17,23,26,30H,5-6,8-9,12,14H2,1H3;2*(H,3,4)(H,5,6)/t23-;;/m0../s1. The van der Waals surface area contributed by atoms with Crippen molar-refractivity contribution < 1.29 is 49.4 Å². The number of likely N-dealkylation sites (tertiary alicyclic amines) is 1. The first-order chi connectivity index (χ1) is 21.0. The molecule has 234 valence electrons. The molecule has 4 heterocycles. The minimum Gasteiger partial charge on any atom is -0.497 e. The van der Waals surface area contributed by atoms with E-state index in [0.717, 1.165) is 65.0 Å². The third-order valence-electron chi connectivity index (χ3n) is 6.57. The Bertz CT molecular complexity index is 1560. The zero-order chi connectivity index (χ0) is 32.2. The van der Waals surface area contributed by atoms with Crippen molar-refractivity contribution >= 4 is 56.5 Å². The van der Waals surface area contributed by atoms with Crippen LogP contribution in [-0.2, 0) is 25.7 Å². The molecule has 1 aliphatic rings. The zero-order valence-electron chi connectivity index (χ0n) is 23.5. The van der Waals surface area contributed by atoms with Gasteiger partial charge in [0.1, 0.15) is 16.1 Å². The number of aliphatic carboxylic acids is 4. The molecule has 16 heteroatoms. The van der Waals surface area contributed by atoms with Gasteiger partial charge in [-0.2, -0.15) is 0 Å². The van der Waals surface area contributed by atoms with E-state index in [0.29, 0.717) is 12.6 Å². The van der Waals surface area contributed by atoms with Crippen LogP contribution in [0.1, 0.15) is 30.1 Å². The molecule has 0 radical (unpaired) electrons. The van der Waals surface area contributed by atoms with Crippen LogP contribution in [0.2, 0.25) is 0 Å². The summed E-state index contributed by atoms with van der Waals surface area (Å²) in [5.74, 6) is -6.52. The number of methoxy groups -OCH3 is 1. The van der Waals surface area contributed by atoms with Crippen LogP contribution in [0.15, 0.2) is 48.2 Å². The molecule has 0 bridgehead atoms. The van der Waals surface area contributed by atoms with Crippen molar-refractivity contribution in [1.82, 2.24) is 25.2 Å². The number of carboxylic acid groups (broad SMARTS) is 4. The van der Waals surface area contributed by atoms with Gasteiger partial charge in [0.15, 0.2) is 0 Å². The summed E-state index contributed by atoms with van der Waals surface area (Å²) < 4.78 is 5.36. The summed E-state index contributed by atoms with van der Waals surface area (Å²) in [6.45, 7) is 3.35. The normalized spacial score (nSPS) is 14.0. The Morgan fingerprint density at radius 3 is 2.23 bits per heavy atom. The van der Waals surface area contributed by atoms with Crippen molar-refractivity contribution in [3.05, 3.63) is 59.4 Å². The summed E-state index contributed by atoms with van der Waals surface area (Å²) in [4.78, 5) is 53.0. The molecule has 3 aromatic heterocycles. The first-order valence-electron chi connectivity index (χ1n) is 13.2. The van der Waals surface area contributed by atoms with Gasteiger partial charge in [-0.1, -0.05) is 0 Å². The lowest BCUT2D eigenvalue weighted by Crippen LogP contribution is -2.43. The van der Waals surface area contributed by atoms with Gasteiger partial charge in [-0.3, -0.25) is 4.98 Å². The summed E-state index contributed by atoms with van der Waals surface area (Å²) in [6, 6.07) is 10.3. The van der Waals surface area contributed by atoms with Gasteiger partial charge in [0.2, 0.25) is 0 Å². The average Bonchev–Trinajstić information content (AvgIpc) is 3.48. The predicted molar refractivity (Wildman–Crippen MR) is 158 cm³/mol. The Balaban J connectivity index is 0.000000375. The van der Waals surface area contributed by atoms with E-state index in [4.69, 9.17) is 44.3 Å². The number of nitrogens with zero attached hydrogens (tertiary/aromatic N) is 4. The minimum absolute atomic E-state index is 0.473. The summed E-state index contributed by atoms with van der Waals surface area (Å²) in [6.07, 6.45) is 5.26. The van der Waals surface area contributed by atoms with E-state index in [2.05, 4.69) is 31.2 Å². The zero-order valence-corrected chi connectivity index (χ0v) is 24.3. The Hall–Kier alpha value is -4.77. The molecule has 0 aliphatic carbocycles. The molecule has 1 aromatic carbocycles. The molecule has 15 nitrogen and oxygen atoms in total. The Morgan fingerprint density at radius 2 is 1.61 bits per heavy atom. The van der Waals surface area contributed by atoms with Crippen molar-refractivity contribution in [3.8, 4) is 5.75 Å². The molecule has 5 rings (SSSR count). The Labute approximate surface area is 254 Å². The third-order valence-corrected chi connectivity index (χ3v) is 7.31. The van der Waals surface area contributed by atoms with Crippen molar-refractivity contribution in [1.29, 1.82) is 0 Å². The molecular formula is C28H31N5O10S. The molecule has 0 amide bonds. The molecular weight excluding hydrogens is 598 g/mol. The maximum atomic E-state index is 11.0. The molecule has 1 fully saturated rings. The van der Waals surface area contributed by atoms with E-state index in [1.54, 1.807) is 24.6 Å². The number of aliphatic hydroxyl groups excluding tert-OH is 1. The molecule has 4 aromatic rings. The van der Waals surface area contributed by atoms with Crippen molar-refractivity contribution in [3.63, 3.8) is 0 Å². The maximum Gasteiger partial charge on any atom is 0.414 e. The monoisotopic (exact) mass is 629 g/mol. The number of pyridine rings is 2. The lowest BCUT2D eigenvalue weighted by Gasteiger charge is -2.33. The van der Waals surface area contributed by atoms with Gasteiger partial charge in [0.25, 0.3) is 0 Å². The average molecular weight is 630 g/mol. The van der Waals surface area contributed by atoms with Gasteiger partial charge in [-0.25, -0.2) is 29.1 Å². The first kappa shape index (κ1) is 33.7. The van der Waals surface area contributed by atoms with E-state index in [1.807, 2.05) is 36.0 Å². The van der Waals surface area contributed by atoms with Crippen molar-refractivity contribution in [2.75, 3.05) is 26.7 Å². The van der Waals surface area contributed by atoms with Crippen LogP contribution in [0, 0.1) is 0 Å². The SMILES string of the molecule is COc1ccc2nccc([C@@H](O)CN3CCC(NCc4cnc5scnc5c4)CC3)c2c1.O=C(O)C(=O)O.O=C(O)C(=O)O. The van der Waals surface area contributed by atoms with Gasteiger partial charge in [0, 0.05) is 36.9 Å². The molecule has 44 heavy (non-hydrogen) atoms. The number of hydrogen-bond donors (Lipinski definition) is 6. The number of thiazole rings is 1. The molecule has 1 aliphatic heterocycles. The van der Waals surface area contributed by atoms with E-state index < -0.39 is 30.0 Å². The number of aromatic nitrogens is 3. The fourth-order valence-electron chi connectivity index (χ4n) is 4.38. The molecule has 6 N–H and O–H groups in total. The largest absolute Gasteiger partial charge is 0.497 e. The van der Waals surface area contributed by atoms with Gasteiger partial charge < -0.3 is 40.5 Å². The highest BCUT2D eigenvalue weighted by molar-refractivity contribution is 7.16. The Kier molecular flexibility index (Phi) is 12.4. The molecule has 1 atom stereocenters. The minimum atomic E-state index is -1.82. The third kappa shape index (κ3) is 9.91. The molecule has 0 saturated carbocycles. The lowest BCUT2D eigenvalue weighted by molar-refractivity contribution is -0.159. The second kappa shape index (κ2) is 16.2. The number of rotatable bonds is 7. The Morgan fingerprint density at radius 1 is 0.955 bits per heavy atom. The van der Waals surface area contributed by atoms with E-state index in [1.165, 1.54) is 5.56 Å². The number of benzene rings is 1. The van der Waals surface area contributed by atoms with Crippen molar-refractivity contribution in [2.45, 2.75) is 31.5 Å². The number of aliphatic hydroxyl groups is 1. The van der Waals surface area contributed by atoms with Crippen molar-refractivity contribution in [2.24, 2.45) is 0 Å². The second-order valence-corrected chi connectivity index (χ2v) is 10.3. The summed E-state index contributed by atoms with van der Waals surface area (Å²) in [5.41, 5.74) is 5.75. The molecule has 0 spiro atoms. The van der Waals surface area contributed by atoms with Crippen LogP contribution >= 0.6 is 11.3 Å². The van der Waals surface area contributed by atoms with Crippen LogP contribution in [-0.4, -0.2) is 102 Å². The topological polar surface area (TPSA) is 233 Å². The van der Waals surface area contributed by atoms with Crippen LogP contribution in [0.25, 0.3) is 21.3 Å². The number of hydrogen-bond acceptors (Lipinski definition) is 12. The highest BCUT2D eigenvalue weighted by atomic mass is 32.1. The van der Waals surface area contributed by atoms with Crippen LogP contribution in [0.3, 0.4) is 0 Å². The fraction of sp³-hybridized carbons (Fsp3) is 0.321. The quantitative estimate of drug-likeness (QED) is 0.160. The predicted octanol–water partition coefficient (Wildman–Crippen LogP) is 1.85. The van der Waals surface area contributed by atoms with Crippen LogP contribution in [0.4, 0.5) is 0 Å². The van der Waals surface area contributed by atoms with Crippen LogP contribution in [0.5, 0.6) is 5.75 Å². The smallest absolute Gasteiger partial charge is 0.414 e. The van der Waals surface area contributed by atoms with E-state index in [9.17, 15) is 5.11 Å². The van der Waals surface area contributed by atoms with Gasteiger partial charge >= 0.3 is 23.9 Å². The maximum absolute atomic E-state index is 11.0. The number of fused-ring (bicyclic) bond motifs is 2. The number of carbonyl (C=O) groups is 4. The first-order valence-corrected chi connectivity index (χ1v) is 14.0. The number of β-amino-alcohol motifs (C(OH)–C–C–N with tert-alkyl or cyclic N) is 1. The highest BCUT2D eigenvalue weighted by Crippen LogP contribution is 2.28. The summed E-state index contributed by atoms with van der Waals surface area (Å²) in [7, 11) is 1.65. The van der Waals surface area contributed by atoms with Gasteiger partial charge in [-0.05, 0) is 67.4 Å². The van der Waals surface area contributed by atoms with Crippen LogP contribution < -0.4 is 10.1 Å². The summed E-state index contributed by atoms with van der Waals surface area (Å²) >= 11 is 1.57. The van der Waals surface area contributed by atoms with Gasteiger partial charge in [0.05, 0.1) is 24.2 Å². The molecule has 1 saturated heterocycles. The number of carboxylic acids is 4. The fourth-order valence-corrected chi connectivity index (χ4v) is 5.00. The lowest BCUT2D eigenvalue weighted by atomic mass is 10.0. The highest BCUT2D eigenvalue weighted by Gasteiger charge is 2.22. The second-order valence-electron chi connectivity index (χ2n) is 9.50.